The number of nitrogens with one attached hydrogen (secondary N) is 2. The molecule has 0 aromatic carbocycles. The Kier molecular flexibility index (Phi) is 6.22. The van der Waals surface area contributed by atoms with Crippen molar-refractivity contribution in [3.8, 4) is 0 Å². The van der Waals surface area contributed by atoms with E-state index in [1.54, 1.807) is 36.2 Å². The lowest BCUT2D eigenvalue weighted by Gasteiger charge is -2.18. The molecule has 1 unspecified atom stereocenters. The summed E-state index contributed by atoms with van der Waals surface area (Å²) in [6.45, 7) is 0. The molecule has 31 heavy (non-hydrogen) atoms. The van der Waals surface area contributed by atoms with Crippen LogP contribution in [0.1, 0.15) is 30.2 Å². The fourth-order valence-electron chi connectivity index (χ4n) is 2.67. The standard InChI is InChI=1S/C20H17ClF3N5OS/c21-16-8-15(31-13-2-3-13)14(10-26-16)28-19(30)11-5-6-25-18(7-11)29-17-4-1-12(9-27-17)20(22,23)24/h1,4-10,13,19,28,30H,2-3H2,(H,25,27,29). The van der Waals surface area contributed by atoms with Crippen molar-refractivity contribution in [2.45, 2.75) is 35.4 Å². The van der Waals surface area contributed by atoms with Gasteiger partial charge in [0.2, 0.25) is 0 Å². The van der Waals surface area contributed by atoms with Gasteiger partial charge in [0.15, 0.2) is 6.23 Å². The lowest BCUT2D eigenvalue weighted by molar-refractivity contribution is -0.137. The van der Waals surface area contributed by atoms with Crippen LogP contribution in [0.15, 0.2) is 53.8 Å². The zero-order chi connectivity index (χ0) is 22.0. The average molecular weight is 468 g/mol. The third kappa shape index (κ3) is 5.78. The van der Waals surface area contributed by atoms with E-state index in [4.69, 9.17) is 11.6 Å². The van der Waals surface area contributed by atoms with Gasteiger partial charge in [-0.25, -0.2) is 15.0 Å². The fourth-order valence-corrected chi connectivity index (χ4v) is 4.04. The van der Waals surface area contributed by atoms with Gasteiger partial charge >= 0.3 is 6.18 Å². The number of alkyl halides is 3. The summed E-state index contributed by atoms with van der Waals surface area (Å²) >= 11 is 7.69. The highest BCUT2D eigenvalue weighted by molar-refractivity contribution is 8.00. The molecule has 162 valence electrons. The number of thioether (sulfide) groups is 1. The molecule has 0 radical (unpaired) electrons. The topological polar surface area (TPSA) is 83.0 Å². The molecule has 6 nitrogen and oxygen atoms in total. The van der Waals surface area contributed by atoms with Crippen molar-refractivity contribution in [2.75, 3.05) is 10.6 Å². The van der Waals surface area contributed by atoms with E-state index in [-0.39, 0.29) is 5.82 Å². The first-order valence-corrected chi connectivity index (χ1v) is 10.6. The number of hydrogen-bond donors (Lipinski definition) is 3. The van der Waals surface area contributed by atoms with Gasteiger partial charge in [0.1, 0.15) is 16.8 Å². The van der Waals surface area contributed by atoms with Gasteiger partial charge in [0.05, 0.1) is 17.4 Å². The van der Waals surface area contributed by atoms with E-state index in [1.807, 2.05) is 0 Å². The molecule has 0 bridgehead atoms. The lowest BCUT2D eigenvalue weighted by Crippen LogP contribution is -2.11. The van der Waals surface area contributed by atoms with Crippen LogP contribution in [0.5, 0.6) is 0 Å². The quantitative estimate of drug-likeness (QED) is 0.306. The molecule has 1 atom stereocenters. The van der Waals surface area contributed by atoms with Gasteiger partial charge in [0.25, 0.3) is 0 Å². The molecule has 3 aromatic heterocycles. The molecular formula is C20H17ClF3N5OS. The summed E-state index contributed by atoms with van der Waals surface area (Å²) in [4.78, 5) is 12.9. The van der Waals surface area contributed by atoms with Gasteiger partial charge in [-0.15, -0.1) is 11.8 Å². The van der Waals surface area contributed by atoms with Crippen molar-refractivity contribution in [2.24, 2.45) is 0 Å². The number of nitrogens with zero attached hydrogens (tertiary/aromatic N) is 3. The van der Waals surface area contributed by atoms with E-state index in [1.165, 1.54) is 12.3 Å². The summed E-state index contributed by atoms with van der Waals surface area (Å²) in [5, 5.41) is 17.4. The number of pyridine rings is 3. The van der Waals surface area contributed by atoms with Crippen LogP contribution in [-0.4, -0.2) is 25.3 Å². The highest BCUT2D eigenvalue weighted by Crippen LogP contribution is 2.43. The van der Waals surface area contributed by atoms with Crippen LogP contribution in [-0.2, 0) is 6.18 Å². The maximum absolute atomic E-state index is 12.7. The smallest absolute Gasteiger partial charge is 0.369 e. The maximum Gasteiger partial charge on any atom is 0.417 e. The highest BCUT2D eigenvalue weighted by Gasteiger charge is 2.30. The zero-order valence-electron chi connectivity index (χ0n) is 15.9. The molecule has 0 saturated heterocycles. The summed E-state index contributed by atoms with van der Waals surface area (Å²) in [7, 11) is 0. The molecular weight excluding hydrogens is 451 g/mol. The Morgan fingerprint density at radius 3 is 2.55 bits per heavy atom. The van der Waals surface area contributed by atoms with Gasteiger partial charge in [-0.3, -0.25) is 0 Å². The summed E-state index contributed by atoms with van der Waals surface area (Å²) in [6, 6.07) is 7.11. The van der Waals surface area contributed by atoms with Crippen molar-refractivity contribution in [3.63, 3.8) is 0 Å². The van der Waals surface area contributed by atoms with Crippen molar-refractivity contribution in [1.29, 1.82) is 0 Å². The summed E-state index contributed by atoms with van der Waals surface area (Å²) < 4.78 is 38.0. The van der Waals surface area contributed by atoms with Crippen LogP contribution in [0.2, 0.25) is 5.15 Å². The largest absolute Gasteiger partial charge is 0.417 e. The second kappa shape index (κ2) is 8.89. The van der Waals surface area contributed by atoms with Crippen LogP contribution >= 0.6 is 23.4 Å². The first-order valence-electron chi connectivity index (χ1n) is 9.31. The molecule has 3 heterocycles. The minimum Gasteiger partial charge on any atom is -0.369 e. The molecule has 1 aliphatic rings. The van der Waals surface area contributed by atoms with Crippen LogP contribution < -0.4 is 10.6 Å². The predicted octanol–water partition coefficient (Wildman–Crippen LogP) is 5.64. The highest BCUT2D eigenvalue weighted by atomic mass is 35.5. The summed E-state index contributed by atoms with van der Waals surface area (Å²) in [5.41, 5.74) is 0.321. The maximum atomic E-state index is 12.7. The fraction of sp³-hybridized carbons (Fsp3) is 0.250. The number of halogens is 4. The molecule has 0 aliphatic heterocycles. The summed E-state index contributed by atoms with van der Waals surface area (Å²) in [5.74, 6) is 0.525. The summed E-state index contributed by atoms with van der Waals surface area (Å²) in [6.07, 6.45) is 0.566. The van der Waals surface area contributed by atoms with E-state index in [0.717, 1.165) is 30.0 Å². The first kappa shape index (κ1) is 21.7. The number of aromatic nitrogens is 3. The Labute approximate surface area is 185 Å². The molecule has 0 amide bonds. The number of hydrogen-bond acceptors (Lipinski definition) is 7. The normalized spacial score (nSPS) is 14.9. The first-order chi connectivity index (χ1) is 14.8. The molecule has 0 spiro atoms. The van der Waals surface area contributed by atoms with Crippen molar-refractivity contribution in [1.82, 2.24) is 15.0 Å². The van der Waals surface area contributed by atoms with Crippen molar-refractivity contribution >= 4 is 40.7 Å². The lowest BCUT2D eigenvalue weighted by atomic mass is 10.2. The Hall–Kier alpha value is -2.56. The van der Waals surface area contributed by atoms with E-state index < -0.39 is 18.0 Å². The van der Waals surface area contributed by atoms with Crippen LogP contribution in [0.3, 0.4) is 0 Å². The van der Waals surface area contributed by atoms with Gasteiger partial charge in [-0.2, -0.15) is 13.2 Å². The number of anilines is 3. The number of aliphatic hydroxyl groups excluding tert-OH is 1. The minimum atomic E-state index is -4.45. The molecule has 1 fully saturated rings. The molecule has 1 saturated carbocycles. The third-order valence-corrected chi connectivity index (χ3v) is 5.99. The van der Waals surface area contributed by atoms with Gasteiger partial charge < -0.3 is 15.7 Å². The minimum absolute atomic E-state index is 0.199. The SMILES string of the molecule is OC(Nc1cnc(Cl)cc1SC1CC1)c1ccnc(Nc2ccc(C(F)(F)F)cn2)c1. The molecule has 3 N–H and O–H groups in total. The molecule has 3 aromatic rings. The molecule has 1 aliphatic carbocycles. The monoisotopic (exact) mass is 467 g/mol. The van der Waals surface area contributed by atoms with E-state index >= 15 is 0 Å². The van der Waals surface area contributed by atoms with Crippen molar-refractivity contribution < 1.29 is 18.3 Å². The number of rotatable bonds is 7. The Morgan fingerprint density at radius 2 is 1.87 bits per heavy atom. The van der Waals surface area contributed by atoms with Gasteiger partial charge in [-0.05, 0) is 43.2 Å². The van der Waals surface area contributed by atoms with Crippen LogP contribution in [0, 0.1) is 0 Å². The van der Waals surface area contributed by atoms with Gasteiger partial charge in [0, 0.05) is 28.1 Å². The van der Waals surface area contributed by atoms with Crippen molar-refractivity contribution in [3.05, 3.63) is 65.2 Å². The van der Waals surface area contributed by atoms with Crippen LogP contribution in [0.25, 0.3) is 0 Å². The van der Waals surface area contributed by atoms with Crippen LogP contribution in [0.4, 0.5) is 30.5 Å². The Balaban J connectivity index is 1.47. The second-order valence-electron chi connectivity index (χ2n) is 6.90. The van der Waals surface area contributed by atoms with E-state index in [0.29, 0.717) is 27.5 Å². The van der Waals surface area contributed by atoms with Gasteiger partial charge in [-0.1, -0.05) is 11.6 Å². The molecule has 11 heteroatoms. The second-order valence-corrected chi connectivity index (χ2v) is 8.63. The van der Waals surface area contributed by atoms with E-state index in [2.05, 4.69) is 25.6 Å². The predicted molar refractivity (Wildman–Crippen MR) is 113 cm³/mol. The molecule has 4 rings (SSSR count). The average Bonchev–Trinajstić information content (AvgIpc) is 3.54. The zero-order valence-corrected chi connectivity index (χ0v) is 17.5. The Morgan fingerprint density at radius 1 is 1.06 bits per heavy atom. The Bertz CT molecular complexity index is 1060. The number of aliphatic hydroxyl groups is 1. The van der Waals surface area contributed by atoms with E-state index in [9.17, 15) is 18.3 Å². The third-order valence-electron chi connectivity index (χ3n) is 4.39.